The van der Waals surface area contributed by atoms with Gasteiger partial charge in [-0.2, -0.15) is 5.26 Å². The third-order valence-corrected chi connectivity index (χ3v) is 3.10. The summed E-state index contributed by atoms with van der Waals surface area (Å²) in [5.74, 6) is -0.0835. The van der Waals surface area contributed by atoms with Crippen molar-refractivity contribution in [3.8, 4) is 6.07 Å². The summed E-state index contributed by atoms with van der Waals surface area (Å²) in [5, 5.41) is 8.91. The molecule has 1 aromatic heterocycles. The lowest BCUT2D eigenvalue weighted by Crippen LogP contribution is -2.40. The van der Waals surface area contributed by atoms with Gasteiger partial charge in [0.25, 0.3) is 5.91 Å². The van der Waals surface area contributed by atoms with Crippen molar-refractivity contribution in [2.45, 2.75) is 19.8 Å². The smallest absolute Gasteiger partial charge is 0.272 e. The van der Waals surface area contributed by atoms with Gasteiger partial charge < -0.3 is 4.90 Å². The molecule has 1 atom stereocenters. The van der Waals surface area contributed by atoms with Gasteiger partial charge in [0.1, 0.15) is 5.69 Å². The van der Waals surface area contributed by atoms with Crippen LogP contribution in [0.3, 0.4) is 0 Å². The van der Waals surface area contributed by atoms with Gasteiger partial charge in [0.15, 0.2) is 0 Å². The summed E-state index contributed by atoms with van der Waals surface area (Å²) in [6, 6.07) is 5.94. The SMILES string of the molecule is Cc1cccnc1C(=O)N1CCCC(C#N)C1. The molecule has 1 unspecified atom stereocenters. The van der Waals surface area contributed by atoms with E-state index in [1.807, 2.05) is 19.1 Å². The molecule has 2 heterocycles. The minimum absolute atomic E-state index is 0.0308. The second kappa shape index (κ2) is 4.96. The molecule has 1 fully saturated rings. The van der Waals surface area contributed by atoms with Gasteiger partial charge in [0.2, 0.25) is 0 Å². The molecule has 1 amide bonds. The third-order valence-electron chi connectivity index (χ3n) is 3.10. The molecule has 4 heteroatoms. The number of aryl methyl sites for hydroxylation is 1. The van der Waals surface area contributed by atoms with Crippen molar-refractivity contribution in [2.24, 2.45) is 5.92 Å². The highest BCUT2D eigenvalue weighted by Crippen LogP contribution is 2.18. The van der Waals surface area contributed by atoms with E-state index in [1.54, 1.807) is 11.1 Å². The molecule has 17 heavy (non-hydrogen) atoms. The van der Waals surface area contributed by atoms with E-state index in [4.69, 9.17) is 5.26 Å². The fraction of sp³-hybridized carbons (Fsp3) is 0.462. The number of nitrogens with zero attached hydrogens (tertiary/aromatic N) is 3. The predicted molar refractivity (Wildman–Crippen MR) is 63.2 cm³/mol. The highest BCUT2D eigenvalue weighted by atomic mass is 16.2. The molecular weight excluding hydrogens is 214 g/mol. The molecule has 0 bridgehead atoms. The molecule has 4 nitrogen and oxygen atoms in total. The Kier molecular flexibility index (Phi) is 3.38. The van der Waals surface area contributed by atoms with Gasteiger partial charge in [-0.15, -0.1) is 0 Å². The number of aromatic nitrogens is 1. The molecule has 0 aromatic carbocycles. The lowest BCUT2D eigenvalue weighted by atomic mass is 9.99. The summed E-state index contributed by atoms with van der Waals surface area (Å²) < 4.78 is 0. The monoisotopic (exact) mass is 229 g/mol. The average molecular weight is 229 g/mol. The Bertz CT molecular complexity index is 464. The number of carbonyl (C=O) groups excluding carboxylic acids is 1. The molecule has 1 aliphatic rings. The largest absolute Gasteiger partial charge is 0.336 e. The summed E-state index contributed by atoms with van der Waals surface area (Å²) in [4.78, 5) is 18.1. The Balaban J connectivity index is 2.16. The van der Waals surface area contributed by atoms with Crippen LogP contribution < -0.4 is 0 Å². The van der Waals surface area contributed by atoms with Gasteiger partial charge in [0.05, 0.1) is 12.0 Å². The molecule has 1 saturated heterocycles. The van der Waals surface area contributed by atoms with Crippen LogP contribution >= 0.6 is 0 Å². The van der Waals surface area contributed by atoms with E-state index >= 15 is 0 Å². The van der Waals surface area contributed by atoms with Crippen LogP contribution in [0.4, 0.5) is 0 Å². The second-order valence-electron chi connectivity index (χ2n) is 4.39. The van der Waals surface area contributed by atoms with Crippen molar-refractivity contribution in [3.63, 3.8) is 0 Å². The van der Waals surface area contributed by atoms with Crippen LogP contribution in [-0.2, 0) is 0 Å². The summed E-state index contributed by atoms with van der Waals surface area (Å²) in [7, 11) is 0. The van der Waals surface area contributed by atoms with Gasteiger partial charge in [-0.1, -0.05) is 6.07 Å². The Morgan fingerprint density at radius 2 is 2.47 bits per heavy atom. The highest BCUT2D eigenvalue weighted by molar-refractivity contribution is 5.93. The number of hydrogen-bond donors (Lipinski definition) is 0. The maximum Gasteiger partial charge on any atom is 0.272 e. The number of likely N-dealkylation sites (tertiary alicyclic amines) is 1. The van der Waals surface area contributed by atoms with Crippen molar-refractivity contribution in [2.75, 3.05) is 13.1 Å². The molecule has 0 spiro atoms. The molecule has 0 radical (unpaired) electrons. The fourth-order valence-electron chi connectivity index (χ4n) is 2.13. The van der Waals surface area contributed by atoms with Crippen LogP contribution in [0, 0.1) is 24.2 Å². The van der Waals surface area contributed by atoms with Crippen LogP contribution in [0.2, 0.25) is 0 Å². The number of rotatable bonds is 1. The van der Waals surface area contributed by atoms with Crippen LogP contribution in [0.25, 0.3) is 0 Å². The fourth-order valence-corrected chi connectivity index (χ4v) is 2.13. The topological polar surface area (TPSA) is 57.0 Å². The van der Waals surface area contributed by atoms with Gasteiger partial charge in [0, 0.05) is 19.3 Å². The minimum atomic E-state index is -0.0527. The van der Waals surface area contributed by atoms with Gasteiger partial charge >= 0.3 is 0 Å². The van der Waals surface area contributed by atoms with Gasteiger partial charge in [-0.3, -0.25) is 9.78 Å². The standard InChI is InChI=1S/C13H15N3O/c1-10-4-2-6-15-12(10)13(17)16-7-3-5-11(8-14)9-16/h2,4,6,11H,3,5,7,9H2,1H3. The van der Waals surface area contributed by atoms with Crippen molar-refractivity contribution < 1.29 is 4.79 Å². The van der Waals surface area contributed by atoms with Crippen molar-refractivity contribution in [1.29, 1.82) is 5.26 Å². The summed E-state index contributed by atoms with van der Waals surface area (Å²) in [6.07, 6.45) is 3.42. The summed E-state index contributed by atoms with van der Waals surface area (Å²) in [5.41, 5.74) is 1.39. The molecule has 0 saturated carbocycles. The van der Waals surface area contributed by atoms with Crippen LogP contribution in [0.5, 0.6) is 0 Å². The average Bonchev–Trinajstić information content (AvgIpc) is 2.38. The van der Waals surface area contributed by atoms with Crippen molar-refractivity contribution in [1.82, 2.24) is 9.88 Å². The zero-order chi connectivity index (χ0) is 12.3. The Hall–Kier alpha value is -1.89. The third kappa shape index (κ3) is 2.44. The van der Waals surface area contributed by atoms with E-state index in [-0.39, 0.29) is 11.8 Å². The van der Waals surface area contributed by atoms with Crippen molar-refractivity contribution in [3.05, 3.63) is 29.6 Å². The molecule has 2 rings (SSSR count). The number of amides is 1. The van der Waals surface area contributed by atoms with E-state index in [2.05, 4.69) is 11.1 Å². The van der Waals surface area contributed by atoms with E-state index < -0.39 is 0 Å². The van der Waals surface area contributed by atoms with Crippen LogP contribution in [0.15, 0.2) is 18.3 Å². The Morgan fingerprint density at radius 1 is 1.65 bits per heavy atom. The zero-order valence-electron chi connectivity index (χ0n) is 9.89. The number of pyridine rings is 1. The number of hydrogen-bond acceptors (Lipinski definition) is 3. The van der Waals surface area contributed by atoms with Crippen LogP contribution in [0.1, 0.15) is 28.9 Å². The first-order chi connectivity index (χ1) is 8.22. The molecular formula is C13H15N3O. The normalized spacial score (nSPS) is 19.8. The van der Waals surface area contributed by atoms with E-state index in [1.165, 1.54) is 0 Å². The summed E-state index contributed by atoms with van der Waals surface area (Å²) >= 11 is 0. The first kappa shape index (κ1) is 11.6. The van der Waals surface area contributed by atoms with E-state index in [9.17, 15) is 4.79 Å². The van der Waals surface area contributed by atoms with Crippen molar-refractivity contribution >= 4 is 5.91 Å². The molecule has 0 aliphatic carbocycles. The van der Waals surface area contributed by atoms with Crippen LogP contribution in [-0.4, -0.2) is 28.9 Å². The quantitative estimate of drug-likeness (QED) is 0.737. The lowest BCUT2D eigenvalue weighted by molar-refractivity contribution is 0.0692. The number of carbonyl (C=O) groups is 1. The minimum Gasteiger partial charge on any atom is -0.336 e. The Morgan fingerprint density at radius 3 is 3.18 bits per heavy atom. The summed E-state index contributed by atoms with van der Waals surface area (Å²) in [6.45, 7) is 3.14. The molecule has 0 N–H and O–H groups in total. The predicted octanol–water partition coefficient (Wildman–Crippen LogP) is 1.77. The van der Waals surface area contributed by atoms with Gasteiger partial charge in [-0.05, 0) is 31.4 Å². The highest BCUT2D eigenvalue weighted by Gasteiger charge is 2.25. The maximum atomic E-state index is 12.2. The molecule has 1 aromatic rings. The van der Waals surface area contributed by atoms with E-state index in [0.717, 1.165) is 24.9 Å². The Labute approximate surface area is 101 Å². The maximum absolute atomic E-state index is 12.2. The lowest BCUT2D eigenvalue weighted by Gasteiger charge is -2.29. The molecule has 88 valence electrons. The number of piperidine rings is 1. The number of nitriles is 1. The first-order valence-electron chi connectivity index (χ1n) is 5.83. The zero-order valence-corrected chi connectivity index (χ0v) is 9.89. The van der Waals surface area contributed by atoms with E-state index in [0.29, 0.717) is 12.2 Å². The molecule has 1 aliphatic heterocycles. The second-order valence-corrected chi connectivity index (χ2v) is 4.39. The van der Waals surface area contributed by atoms with Gasteiger partial charge in [-0.25, -0.2) is 0 Å². The first-order valence-corrected chi connectivity index (χ1v) is 5.83.